The highest BCUT2D eigenvalue weighted by atomic mass is 32.2. The SMILES string of the molecule is c1cnc2c(-c3cc(-c4cc5c(cn4)-c4nc6ccccc6n4-c4cnccc4S5)cc(-c4cccc5cccnc45)c3)cccc2c1. The van der Waals surface area contributed by atoms with Crippen molar-refractivity contribution < 1.29 is 0 Å². The molecule has 7 heteroatoms. The van der Waals surface area contributed by atoms with E-state index in [1.165, 1.54) is 0 Å². The van der Waals surface area contributed by atoms with Crippen LogP contribution in [0.1, 0.15) is 0 Å². The van der Waals surface area contributed by atoms with Gasteiger partial charge in [-0.05, 0) is 65.7 Å². The number of imidazole rings is 1. The number of aromatic nitrogens is 6. The summed E-state index contributed by atoms with van der Waals surface area (Å²) in [6.07, 6.45) is 9.46. The van der Waals surface area contributed by atoms with Gasteiger partial charge in [0.15, 0.2) is 0 Å². The number of hydrogen-bond donors (Lipinski definition) is 0. The number of benzene rings is 4. The molecule has 0 aliphatic carbocycles. The van der Waals surface area contributed by atoms with Crippen LogP contribution in [0.5, 0.6) is 0 Å². The van der Waals surface area contributed by atoms with Gasteiger partial charge in [-0.15, -0.1) is 0 Å². The quantitative estimate of drug-likeness (QED) is 0.193. The lowest BCUT2D eigenvalue weighted by atomic mass is 9.92. The van der Waals surface area contributed by atoms with Crippen molar-refractivity contribution in [3.8, 4) is 50.6 Å². The molecule has 0 bridgehead atoms. The molecular formula is C41H24N6S. The molecule has 0 N–H and O–H groups in total. The standard InChI is InChI=1S/C41H24N6S/c1-2-14-35-33(13-1)46-41-32-23-45-34(22-38(32)48-37-15-18-42-24-36(37)47(35)41)29-20-27(30-11-3-7-25-9-5-16-43-39(25)30)19-28(21-29)31-12-4-8-26-10-6-17-44-40(26)31/h1-24H. The van der Waals surface area contributed by atoms with Crippen molar-refractivity contribution in [3.63, 3.8) is 0 Å². The summed E-state index contributed by atoms with van der Waals surface area (Å²) in [4.78, 5) is 26.5. The minimum Gasteiger partial charge on any atom is -0.290 e. The summed E-state index contributed by atoms with van der Waals surface area (Å²) in [5.74, 6) is 0.864. The van der Waals surface area contributed by atoms with Crippen LogP contribution in [0, 0.1) is 0 Å². The predicted octanol–water partition coefficient (Wildman–Crippen LogP) is 10.0. The van der Waals surface area contributed by atoms with E-state index >= 15 is 0 Å². The molecule has 6 nitrogen and oxygen atoms in total. The Morgan fingerprint density at radius 1 is 0.521 bits per heavy atom. The van der Waals surface area contributed by atoms with Crippen LogP contribution in [0.15, 0.2) is 156 Å². The number of nitrogens with zero attached hydrogens (tertiary/aromatic N) is 6. The third-order valence-corrected chi connectivity index (χ3v) is 10.1. The van der Waals surface area contributed by atoms with Gasteiger partial charge in [-0.3, -0.25) is 24.5 Å². The summed E-state index contributed by atoms with van der Waals surface area (Å²) in [5.41, 5.74) is 12.1. The smallest absolute Gasteiger partial charge is 0.148 e. The minimum absolute atomic E-state index is 0.864. The first kappa shape index (κ1) is 27.0. The van der Waals surface area contributed by atoms with Crippen molar-refractivity contribution in [2.45, 2.75) is 9.79 Å². The summed E-state index contributed by atoms with van der Waals surface area (Å²) >= 11 is 1.73. The van der Waals surface area contributed by atoms with Gasteiger partial charge in [-0.25, -0.2) is 4.98 Å². The van der Waals surface area contributed by atoms with Gasteiger partial charge in [0, 0.05) is 62.0 Å². The fourth-order valence-electron chi connectivity index (χ4n) is 6.80. The number of fused-ring (bicyclic) bond motifs is 9. The largest absolute Gasteiger partial charge is 0.290 e. The van der Waals surface area contributed by atoms with Crippen molar-refractivity contribution in [3.05, 3.63) is 146 Å². The summed E-state index contributed by atoms with van der Waals surface area (Å²) in [6, 6.07) is 40.1. The van der Waals surface area contributed by atoms with Crippen molar-refractivity contribution in [1.29, 1.82) is 0 Å². The van der Waals surface area contributed by atoms with Gasteiger partial charge in [0.2, 0.25) is 0 Å². The van der Waals surface area contributed by atoms with E-state index in [0.29, 0.717) is 0 Å². The molecule has 10 rings (SSSR count). The van der Waals surface area contributed by atoms with E-state index in [1.807, 2.05) is 49.2 Å². The molecule has 0 spiro atoms. The van der Waals surface area contributed by atoms with Crippen LogP contribution < -0.4 is 0 Å². The molecule has 48 heavy (non-hydrogen) atoms. The van der Waals surface area contributed by atoms with Crippen LogP contribution in [-0.2, 0) is 0 Å². The molecule has 0 saturated heterocycles. The molecule has 0 amide bonds. The monoisotopic (exact) mass is 632 g/mol. The number of rotatable bonds is 3. The van der Waals surface area contributed by atoms with E-state index in [1.54, 1.807) is 11.8 Å². The van der Waals surface area contributed by atoms with Crippen molar-refractivity contribution in [1.82, 2.24) is 29.5 Å². The van der Waals surface area contributed by atoms with Gasteiger partial charge < -0.3 is 0 Å². The third kappa shape index (κ3) is 4.25. The highest BCUT2D eigenvalue weighted by Crippen LogP contribution is 2.45. The molecule has 0 radical (unpaired) electrons. The van der Waals surface area contributed by atoms with E-state index in [-0.39, 0.29) is 0 Å². The lowest BCUT2D eigenvalue weighted by Gasteiger charge is -2.14. The van der Waals surface area contributed by atoms with Crippen molar-refractivity contribution in [2.75, 3.05) is 0 Å². The maximum Gasteiger partial charge on any atom is 0.148 e. The van der Waals surface area contributed by atoms with Crippen molar-refractivity contribution >= 4 is 44.6 Å². The molecule has 1 aliphatic rings. The summed E-state index contributed by atoms with van der Waals surface area (Å²) < 4.78 is 2.21. The number of para-hydroxylation sites is 4. The number of hydrogen-bond acceptors (Lipinski definition) is 6. The Hall–Kier alpha value is -6.18. The maximum atomic E-state index is 5.12. The molecule has 0 unspecified atom stereocenters. The zero-order valence-corrected chi connectivity index (χ0v) is 26.3. The Morgan fingerprint density at radius 3 is 1.96 bits per heavy atom. The molecule has 5 aromatic heterocycles. The second kappa shape index (κ2) is 10.7. The average molecular weight is 633 g/mol. The van der Waals surface area contributed by atoms with Crippen LogP contribution in [-0.4, -0.2) is 29.5 Å². The van der Waals surface area contributed by atoms with Gasteiger partial charge >= 0.3 is 0 Å². The summed E-state index contributed by atoms with van der Waals surface area (Å²) in [5, 5.41) is 2.20. The van der Waals surface area contributed by atoms with Crippen LogP contribution in [0.25, 0.3) is 83.4 Å². The maximum absolute atomic E-state index is 5.12. The van der Waals surface area contributed by atoms with Crippen LogP contribution in [0.3, 0.4) is 0 Å². The Morgan fingerprint density at radius 2 is 1.21 bits per heavy atom. The van der Waals surface area contributed by atoms with E-state index in [4.69, 9.17) is 19.9 Å². The Kier molecular flexibility index (Phi) is 6.01. The minimum atomic E-state index is 0.864. The second-order valence-electron chi connectivity index (χ2n) is 11.8. The summed E-state index contributed by atoms with van der Waals surface area (Å²) in [6.45, 7) is 0. The van der Waals surface area contributed by atoms with Gasteiger partial charge in [0.05, 0.1) is 45.2 Å². The number of pyridine rings is 4. The van der Waals surface area contributed by atoms with E-state index in [9.17, 15) is 0 Å². The Labute approximate surface area is 279 Å². The molecule has 1 aliphatic heterocycles. The first-order valence-electron chi connectivity index (χ1n) is 15.7. The zero-order valence-electron chi connectivity index (χ0n) is 25.4. The predicted molar refractivity (Wildman–Crippen MR) is 193 cm³/mol. The molecule has 224 valence electrons. The fourth-order valence-corrected chi connectivity index (χ4v) is 7.84. The normalized spacial score (nSPS) is 12.1. The second-order valence-corrected chi connectivity index (χ2v) is 12.9. The van der Waals surface area contributed by atoms with Crippen LogP contribution in [0.4, 0.5) is 0 Å². The van der Waals surface area contributed by atoms with Gasteiger partial charge in [0.1, 0.15) is 5.82 Å². The molecule has 0 saturated carbocycles. The molecule has 0 fully saturated rings. The van der Waals surface area contributed by atoms with Gasteiger partial charge in [0.25, 0.3) is 0 Å². The molecule has 6 heterocycles. The zero-order chi connectivity index (χ0) is 31.6. The van der Waals surface area contributed by atoms with Gasteiger partial charge in [-0.1, -0.05) is 72.4 Å². The third-order valence-electron chi connectivity index (χ3n) is 9.01. The Balaban J connectivity index is 1.21. The summed E-state index contributed by atoms with van der Waals surface area (Å²) in [7, 11) is 0. The molecular weight excluding hydrogens is 609 g/mol. The molecule has 0 atom stereocenters. The average Bonchev–Trinajstić information content (AvgIpc) is 3.47. The fraction of sp³-hybridized carbons (Fsp3) is 0. The highest BCUT2D eigenvalue weighted by Gasteiger charge is 2.25. The highest BCUT2D eigenvalue weighted by molar-refractivity contribution is 7.99. The van der Waals surface area contributed by atoms with E-state index in [0.717, 1.165) is 93.2 Å². The first-order valence-corrected chi connectivity index (χ1v) is 16.5. The van der Waals surface area contributed by atoms with Crippen LogP contribution in [0.2, 0.25) is 0 Å². The van der Waals surface area contributed by atoms with Gasteiger partial charge in [-0.2, -0.15) is 0 Å². The lowest BCUT2D eigenvalue weighted by molar-refractivity contribution is 1.04. The first-order chi connectivity index (χ1) is 23.8. The molecule has 4 aromatic carbocycles. The lowest BCUT2D eigenvalue weighted by Crippen LogP contribution is -1.98. The van der Waals surface area contributed by atoms with Crippen molar-refractivity contribution in [2.24, 2.45) is 0 Å². The topological polar surface area (TPSA) is 69.4 Å². The van der Waals surface area contributed by atoms with E-state index in [2.05, 4.69) is 107 Å². The molecule has 9 aromatic rings. The van der Waals surface area contributed by atoms with E-state index < -0.39 is 0 Å². The Bertz CT molecular complexity index is 2620. The van der Waals surface area contributed by atoms with Crippen LogP contribution >= 0.6 is 11.8 Å².